The van der Waals surface area contributed by atoms with Crippen LogP contribution in [0.15, 0.2) is 42.5 Å². The van der Waals surface area contributed by atoms with Gasteiger partial charge in [0.25, 0.3) is 0 Å². The van der Waals surface area contributed by atoms with Crippen LogP contribution in [0.5, 0.6) is 0 Å². The van der Waals surface area contributed by atoms with Crippen molar-refractivity contribution in [2.75, 3.05) is 5.73 Å². The molecule has 2 aromatic carbocycles. The number of para-hydroxylation sites is 2. The van der Waals surface area contributed by atoms with Crippen LogP contribution in [0.25, 0.3) is 27.9 Å². The van der Waals surface area contributed by atoms with Gasteiger partial charge in [-0.1, -0.05) is 29.8 Å². The second-order valence-electron chi connectivity index (χ2n) is 7.87. The van der Waals surface area contributed by atoms with Crippen molar-refractivity contribution in [2.24, 2.45) is 0 Å². The number of carbonyl (C=O) groups excluding carboxylic acids is 1. The Morgan fingerprint density at radius 2 is 1.72 bits per heavy atom. The molecule has 0 aliphatic rings. The van der Waals surface area contributed by atoms with E-state index in [-0.39, 0.29) is 11.4 Å². The molecule has 6 nitrogen and oxygen atoms in total. The molecular weight excluding hydrogens is 388 g/mol. The zero-order chi connectivity index (χ0) is 20.9. The van der Waals surface area contributed by atoms with E-state index in [9.17, 15) is 4.79 Å². The molecule has 7 heteroatoms. The average molecular weight is 409 g/mol. The fourth-order valence-electron chi connectivity index (χ4n) is 3.27. The minimum Gasteiger partial charge on any atom is -0.456 e. The van der Waals surface area contributed by atoms with E-state index in [0.29, 0.717) is 27.2 Å². The van der Waals surface area contributed by atoms with Crippen LogP contribution < -0.4 is 5.73 Å². The summed E-state index contributed by atoms with van der Waals surface area (Å²) >= 11 is 6.34. The summed E-state index contributed by atoms with van der Waals surface area (Å²) in [5, 5.41) is 0.594. The highest BCUT2D eigenvalue weighted by atomic mass is 35.5. The SMILES string of the molecule is Cc1c(Cl)cccc1-n1c(N)c(C(=O)OC(C)(C)C)c2nc3ccccc3nc21. The first kappa shape index (κ1) is 19.2. The third-order valence-corrected chi connectivity index (χ3v) is 4.99. The first-order valence-corrected chi connectivity index (χ1v) is 9.60. The molecule has 0 fully saturated rings. The number of esters is 1. The lowest BCUT2D eigenvalue weighted by Gasteiger charge is -2.19. The summed E-state index contributed by atoms with van der Waals surface area (Å²) in [4.78, 5) is 22.5. The molecule has 0 bridgehead atoms. The molecular formula is C22H21ClN4O2. The van der Waals surface area contributed by atoms with E-state index in [1.54, 1.807) is 10.6 Å². The van der Waals surface area contributed by atoms with Gasteiger partial charge in [-0.05, 0) is 57.5 Å². The van der Waals surface area contributed by atoms with E-state index in [0.717, 1.165) is 11.3 Å². The molecule has 0 aliphatic carbocycles. The second-order valence-corrected chi connectivity index (χ2v) is 8.27. The highest BCUT2D eigenvalue weighted by molar-refractivity contribution is 6.31. The van der Waals surface area contributed by atoms with Crippen LogP contribution in [0.1, 0.15) is 36.7 Å². The van der Waals surface area contributed by atoms with Crippen LogP contribution in [0.2, 0.25) is 5.02 Å². The summed E-state index contributed by atoms with van der Waals surface area (Å²) < 4.78 is 7.32. The summed E-state index contributed by atoms with van der Waals surface area (Å²) in [5.41, 5.74) is 9.83. The molecule has 0 aliphatic heterocycles. The van der Waals surface area contributed by atoms with Gasteiger partial charge in [-0.15, -0.1) is 0 Å². The fourth-order valence-corrected chi connectivity index (χ4v) is 3.44. The maximum Gasteiger partial charge on any atom is 0.344 e. The van der Waals surface area contributed by atoms with Crippen molar-refractivity contribution < 1.29 is 9.53 Å². The summed E-state index contributed by atoms with van der Waals surface area (Å²) in [6.45, 7) is 7.32. The molecule has 29 heavy (non-hydrogen) atoms. The molecule has 0 spiro atoms. The number of benzene rings is 2. The maximum absolute atomic E-state index is 13.0. The van der Waals surface area contributed by atoms with Gasteiger partial charge in [0.05, 0.1) is 16.7 Å². The number of nitrogens with two attached hydrogens (primary N) is 1. The summed E-state index contributed by atoms with van der Waals surface area (Å²) in [5.74, 6) is -0.321. The molecule has 0 saturated carbocycles. The van der Waals surface area contributed by atoms with Crippen LogP contribution in [-0.4, -0.2) is 26.1 Å². The normalized spacial score (nSPS) is 11.9. The van der Waals surface area contributed by atoms with Gasteiger partial charge in [0, 0.05) is 5.02 Å². The van der Waals surface area contributed by atoms with Crippen molar-refractivity contribution in [3.05, 3.63) is 58.6 Å². The Morgan fingerprint density at radius 3 is 2.38 bits per heavy atom. The average Bonchev–Trinajstić information content (AvgIpc) is 2.91. The molecule has 4 rings (SSSR count). The van der Waals surface area contributed by atoms with Crippen molar-refractivity contribution in [2.45, 2.75) is 33.3 Å². The lowest BCUT2D eigenvalue weighted by Crippen LogP contribution is -2.24. The molecule has 0 unspecified atom stereocenters. The standard InChI is InChI=1S/C22H21ClN4O2/c1-12-13(23)8-7-11-16(12)27-19(24)17(21(28)29-22(2,3)4)18-20(27)26-15-10-6-5-9-14(15)25-18/h5-11H,24H2,1-4H3. The van der Waals surface area contributed by atoms with Gasteiger partial charge in [-0.2, -0.15) is 0 Å². The van der Waals surface area contributed by atoms with Gasteiger partial charge in [-0.25, -0.2) is 14.8 Å². The quantitative estimate of drug-likeness (QED) is 0.468. The van der Waals surface area contributed by atoms with E-state index in [1.165, 1.54) is 0 Å². The second kappa shape index (κ2) is 6.74. The maximum atomic E-state index is 13.0. The zero-order valence-electron chi connectivity index (χ0n) is 16.7. The molecule has 0 amide bonds. The Kier molecular flexibility index (Phi) is 4.46. The predicted molar refractivity (Wildman–Crippen MR) is 116 cm³/mol. The highest BCUT2D eigenvalue weighted by Crippen LogP contribution is 2.34. The predicted octanol–water partition coefficient (Wildman–Crippen LogP) is 5.07. The minimum atomic E-state index is -0.672. The van der Waals surface area contributed by atoms with Gasteiger partial charge in [0.1, 0.15) is 22.5 Å². The minimum absolute atomic E-state index is 0.201. The molecule has 0 atom stereocenters. The number of nitrogen functional groups attached to an aromatic ring is 1. The van der Waals surface area contributed by atoms with E-state index in [4.69, 9.17) is 32.0 Å². The number of carbonyl (C=O) groups is 1. The van der Waals surface area contributed by atoms with E-state index >= 15 is 0 Å². The van der Waals surface area contributed by atoms with Gasteiger partial charge in [0.15, 0.2) is 5.65 Å². The first-order chi connectivity index (χ1) is 13.7. The van der Waals surface area contributed by atoms with Crippen LogP contribution >= 0.6 is 11.6 Å². The van der Waals surface area contributed by atoms with Gasteiger partial charge in [-0.3, -0.25) is 4.57 Å². The number of hydrogen-bond donors (Lipinski definition) is 1. The monoisotopic (exact) mass is 408 g/mol. The Labute approximate surface area is 173 Å². The molecule has 4 aromatic rings. The van der Waals surface area contributed by atoms with Gasteiger partial charge < -0.3 is 10.5 Å². The van der Waals surface area contributed by atoms with E-state index < -0.39 is 11.6 Å². The molecule has 0 saturated heterocycles. The Hall–Kier alpha value is -3.12. The van der Waals surface area contributed by atoms with Crippen LogP contribution in [0.3, 0.4) is 0 Å². The number of anilines is 1. The van der Waals surface area contributed by atoms with Gasteiger partial charge >= 0.3 is 5.97 Å². The molecule has 148 valence electrons. The lowest BCUT2D eigenvalue weighted by molar-refractivity contribution is 0.00728. The molecule has 2 N–H and O–H groups in total. The number of halogens is 1. The molecule has 0 radical (unpaired) electrons. The van der Waals surface area contributed by atoms with Crippen LogP contribution in [0.4, 0.5) is 5.82 Å². The van der Waals surface area contributed by atoms with E-state index in [2.05, 4.69) is 0 Å². The van der Waals surface area contributed by atoms with Crippen molar-refractivity contribution in [1.82, 2.24) is 14.5 Å². The largest absolute Gasteiger partial charge is 0.456 e. The van der Waals surface area contributed by atoms with Crippen molar-refractivity contribution in [3.63, 3.8) is 0 Å². The molecule has 2 aromatic heterocycles. The number of rotatable bonds is 2. The first-order valence-electron chi connectivity index (χ1n) is 9.23. The number of nitrogens with zero attached hydrogens (tertiary/aromatic N) is 3. The molecule has 2 heterocycles. The van der Waals surface area contributed by atoms with Gasteiger partial charge in [0.2, 0.25) is 0 Å². The number of fused-ring (bicyclic) bond motifs is 2. The van der Waals surface area contributed by atoms with Crippen LogP contribution in [0, 0.1) is 6.92 Å². The smallest absolute Gasteiger partial charge is 0.344 e. The third-order valence-electron chi connectivity index (χ3n) is 4.58. The summed E-state index contributed by atoms with van der Waals surface area (Å²) in [7, 11) is 0. The number of aromatic nitrogens is 3. The van der Waals surface area contributed by atoms with Crippen molar-refractivity contribution in [3.8, 4) is 5.69 Å². The number of ether oxygens (including phenoxy) is 1. The summed E-state index contributed by atoms with van der Waals surface area (Å²) in [6, 6.07) is 13.0. The Balaban J connectivity index is 2.10. The van der Waals surface area contributed by atoms with Crippen molar-refractivity contribution in [1.29, 1.82) is 0 Å². The zero-order valence-corrected chi connectivity index (χ0v) is 17.4. The summed E-state index contributed by atoms with van der Waals surface area (Å²) in [6.07, 6.45) is 0. The fraction of sp³-hybridized carbons (Fsp3) is 0.227. The topological polar surface area (TPSA) is 83.0 Å². The van der Waals surface area contributed by atoms with E-state index in [1.807, 2.05) is 64.1 Å². The van der Waals surface area contributed by atoms with Crippen LogP contribution in [-0.2, 0) is 4.74 Å². The Morgan fingerprint density at radius 1 is 1.07 bits per heavy atom. The van der Waals surface area contributed by atoms with Crippen molar-refractivity contribution >= 4 is 45.6 Å². The highest BCUT2D eigenvalue weighted by Gasteiger charge is 2.29. The number of hydrogen-bond acceptors (Lipinski definition) is 5. The third kappa shape index (κ3) is 3.29. The lowest BCUT2D eigenvalue weighted by atomic mass is 10.2. The Bertz CT molecular complexity index is 1270.